The maximum atomic E-state index is 12.3. The second-order valence-corrected chi connectivity index (χ2v) is 8.86. The van der Waals surface area contributed by atoms with E-state index < -0.39 is 5.60 Å². The zero-order chi connectivity index (χ0) is 21.1. The first kappa shape index (κ1) is 20.2. The highest BCUT2D eigenvalue weighted by atomic mass is 16.6. The summed E-state index contributed by atoms with van der Waals surface area (Å²) in [5.74, 6) is 1.34. The van der Waals surface area contributed by atoms with Gasteiger partial charge in [-0.1, -0.05) is 54.6 Å². The van der Waals surface area contributed by atoms with Crippen LogP contribution in [0.2, 0.25) is 0 Å². The summed E-state index contributed by atoms with van der Waals surface area (Å²) in [5, 5.41) is 0. The Bertz CT molecular complexity index is 979. The molecule has 1 aromatic heterocycles. The van der Waals surface area contributed by atoms with Crippen molar-refractivity contribution in [2.75, 3.05) is 13.1 Å². The number of ether oxygens (including phenoxy) is 1. The molecule has 1 amide bonds. The van der Waals surface area contributed by atoms with Crippen molar-refractivity contribution in [3.05, 3.63) is 66.6 Å². The number of hydrogen-bond donors (Lipinski definition) is 1. The van der Waals surface area contributed by atoms with Gasteiger partial charge in [0, 0.05) is 30.8 Å². The van der Waals surface area contributed by atoms with Crippen molar-refractivity contribution in [2.45, 2.75) is 45.1 Å². The third-order valence-electron chi connectivity index (χ3n) is 5.42. The van der Waals surface area contributed by atoms with Crippen molar-refractivity contribution in [3.63, 3.8) is 0 Å². The summed E-state index contributed by atoms with van der Waals surface area (Å²) >= 11 is 0. The van der Waals surface area contributed by atoms with E-state index in [0.29, 0.717) is 19.0 Å². The largest absolute Gasteiger partial charge is 0.444 e. The molecule has 5 nitrogen and oxygen atoms in total. The smallest absolute Gasteiger partial charge is 0.410 e. The first-order valence-electron chi connectivity index (χ1n) is 10.6. The van der Waals surface area contributed by atoms with Crippen LogP contribution < -0.4 is 0 Å². The van der Waals surface area contributed by atoms with E-state index in [1.807, 2.05) is 33.0 Å². The molecular formula is C25H29N3O2. The molecule has 0 bridgehead atoms. The summed E-state index contributed by atoms with van der Waals surface area (Å²) in [6.45, 7) is 7.08. The average Bonchev–Trinajstić information content (AvgIpc) is 3.24. The van der Waals surface area contributed by atoms with Gasteiger partial charge in [-0.2, -0.15) is 0 Å². The van der Waals surface area contributed by atoms with Crippen LogP contribution in [-0.2, 0) is 4.74 Å². The minimum Gasteiger partial charge on any atom is -0.444 e. The van der Waals surface area contributed by atoms with Crippen molar-refractivity contribution in [1.82, 2.24) is 14.9 Å². The molecule has 0 saturated carbocycles. The molecule has 4 rings (SSSR count). The molecule has 0 atom stereocenters. The molecular weight excluding hydrogens is 374 g/mol. The Hall–Kier alpha value is -3.08. The van der Waals surface area contributed by atoms with Gasteiger partial charge in [0.1, 0.15) is 11.4 Å². The number of rotatable bonds is 3. The van der Waals surface area contributed by atoms with Gasteiger partial charge in [0.2, 0.25) is 0 Å². The first-order chi connectivity index (χ1) is 14.4. The van der Waals surface area contributed by atoms with Crippen LogP contribution in [0.5, 0.6) is 0 Å². The zero-order valence-electron chi connectivity index (χ0n) is 17.9. The van der Waals surface area contributed by atoms with Crippen LogP contribution >= 0.6 is 0 Å². The van der Waals surface area contributed by atoms with Crippen LogP contribution in [0.3, 0.4) is 0 Å². The Balaban J connectivity index is 1.38. The number of carbonyl (C=O) groups excluding carboxylic acids is 1. The molecule has 0 radical (unpaired) electrons. The van der Waals surface area contributed by atoms with E-state index in [0.717, 1.165) is 29.9 Å². The topological polar surface area (TPSA) is 58.2 Å². The van der Waals surface area contributed by atoms with E-state index in [2.05, 4.69) is 53.5 Å². The Morgan fingerprint density at radius 3 is 2.20 bits per heavy atom. The highest BCUT2D eigenvalue weighted by molar-refractivity contribution is 5.69. The van der Waals surface area contributed by atoms with Crippen molar-refractivity contribution < 1.29 is 9.53 Å². The molecule has 0 unspecified atom stereocenters. The van der Waals surface area contributed by atoms with Gasteiger partial charge in [0.25, 0.3) is 0 Å². The number of carbonyl (C=O) groups is 1. The normalized spacial score (nSPS) is 15.2. The van der Waals surface area contributed by atoms with Crippen LogP contribution in [0.4, 0.5) is 4.79 Å². The van der Waals surface area contributed by atoms with Gasteiger partial charge in [-0.3, -0.25) is 0 Å². The van der Waals surface area contributed by atoms with E-state index in [1.54, 1.807) is 4.90 Å². The van der Waals surface area contributed by atoms with E-state index >= 15 is 0 Å². The number of aromatic nitrogens is 2. The fourth-order valence-corrected chi connectivity index (χ4v) is 3.82. The lowest BCUT2D eigenvalue weighted by atomic mass is 9.96. The molecule has 5 heteroatoms. The maximum Gasteiger partial charge on any atom is 0.410 e. The van der Waals surface area contributed by atoms with Gasteiger partial charge in [-0.15, -0.1) is 0 Å². The van der Waals surface area contributed by atoms with Crippen LogP contribution in [0.1, 0.15) is 45.4 Å². The van der Waals surface area contributed by atoms with E-state index in [9.17, 15) is 4.79 Å². The fourth-order valence-electron chi connectivity index (χ4n) is 3.82. The number of imidazole rings is 1. The minimum absolute atomic E-state index is 0.223. The first-order valence-corrected chi connectivity index (χ1v) is 10.6. The Labute approximate surface area is 178 Å². The van der Waals surface area contributed by atoms with Crippen molar-refractivity contribution in [1.29, 1.82) is 0 Å². The SMILES string of the molecule is CC(C)(C)OC(=O)N1CCC(c2nc(-c3ccc(-c4ccccc4)cc3)c[nH]2)CC1. The lowest BCUT2D eigenvalue weighted by Crippen LogP contribution is -2.41. The average molecular weight is 404 g/mol. The van der Waals surface area contributed by atoms with Gasteiger partial charge in [0.15, 0.2) is 0 Å². The second-order valence-electron chi connectivity index (χ2n) is 8.86. The van der Waals surface area contributed by atoms with Gasteiger partial charge >= 0.3 is 6.09 Å². The number of aromatic amines is 1. The predicted octanol–water partition coefficient (Wildman–Crippen LogP) is 5.86. The molecule has 1 aliphatic heterocycles. The van der Waals surface area contributed by atoms with Crippen molar-refractivity contribution in [3.8, 4) is 22.4 Å². The van der Waals surface area contributed by atoms with E-state index in [4.69, 9.17) is 9.72 Å². The molecule has 2 aromatic carbocycles. The lowest BCUT2D eigenvalue weighted by Gasteiger charge is -2.32. The predicted molar refractivity (Wildman–Crippen MR) is 119 cm³/mol. The highest BCUT2D eigenvalue weighted by Gasteiger charge is 2.28. The number of nitrogens with one attached hydrogen (secondary N) is 1. The van der Waals surface area contributed by atoms with Crippen LogP contribution in [0.15, 0.2) is 60.8 Å². The molecule has 1 aliphatic rings. The van der Waals surface area contributed by atoms with E-state index in [1.165, 1.54) is 11.1 Å². The van der Waals surface area contributed by atoms with Crippen molar-refractivity contribution >= 4 is 6.09 Å². The summed E-state index contributed by atoms with van der Waals surface area (Å²) in [6, 6.07) is 18.9. The molecule has 30 heavy (non-hydrogen) atoms. The third kappa shape index (κ3) is 4.73. The van der Waals surface area contributed by atoms with Crippen LogP contribution in [-0.4, -0.2) is 39.7 Å². The van der Waals surface area contributed by atoms with Crippen LogP contribution in [0, 0.1) is 0 Å². The Morgan fingerprint density at radius 2 is 1.57 bits per heavy atom. The summed E-state index contributed by atoms with van der Waals surface area (Å²) in [7, 11) is 0. The second kappa shape index (κ2) is 8.34. The Morgan fingerprint density at radius 1 is 0.967 bits per heavy atom. The quantitative estimate of drug-likeness (QED) is 0.596. The van der Waals surface area contributed by atoms with E-state index in [-0.39, 0.29) is 6.09 Å². The molecule has 2 heterocycles. The number of nitrogens with zero attached hydrogens (tertiary/aromatic N) is 2. The van der Waals surface area contributed by atoms with Crippen molar-refractivity contribution in [2.24, 2.45) is 0 Å². The summed E-state index contributed by atoms with van der Waals surface area (Å²) in [5.41, 5.74) is 4.01. The standard InChI is InChI=1S/C25H29N3O2/c1-25(2,3)30-24(29)28-15-13-21(14-16-28)23-26-17-22(27-23)20-11-9-19(10-12-20)18-7-5-4-6-8-18/h4-12,17,21H,13-16H2,1-3H3,(H,26,27). The molecule has 3 aromatic rings. The molecule has 1 fully saturated rings. The van der Waals surface area contributed by atoms with Gasteiger partial charge in [-0.25, -0.2) is 9.78 Å². The van der Waals surface area contributed by atoms with Gasteiger partial charge in [-0.05, 0) is 44.7 Å². The Kier molecular flexibility index (Phi) is 5.62. The summed E-state index contributed by atoms with van der Waals surface area (Å²) in [4.78, 5) is 22.3. The molecule has 0 aliphatic carbocycles. The van der Waals surface area contributed by atoms with Gasteiger partial charge in [0.05, 0.1) is 5.69 Å². The number of piperidine rings is 1. The maximum absolute atomic E-state index is 12.3. The third-order valence-corrected chi connectivity index (χ3v) is 5.42. The van der Waals surface area contributed by atoms with Gasteiger partial charge < -0.3 is 14.6 Å². The molecule has 0 spiro atoms. The monoisotopic (exact) mass is 403 g/mol. The summed E-state index contributed by atoms with van der Waals surface area (Å²) < 4.78 is 5.49. The number of hydrogen-bond acceptors (Lipinski definition) is 3. The molecule has 156 valence electrons. The number of amides is 1. The molecule has 1 saturated heterocycles. The number of benzene rings is 2. The number of likely N-dealkylation sites (tertiary alicyclic amines) is 1. The highest BCUT2D eigenvalue weighted by Crippen LogP contribution is 2.29. The van der Waals surface area contributed by atoms with Crippen LogP contribution in [0.25, 0.3) is 22.4 Å². The molecule has 1 N–H and O–H groups in total. The lowest BCUT2D eigenvalue weighted by molar-refractivity contribution is 0.0203. The fraction of sp³-hybridized carbons (Fsp3) is 0.360. The number of H-pyrrole nitrogens is 1. The minimum atomic E-state index is -0.458. The summed E-state index contributed by atoms with van der Waals surface area (Å²) in [6.07, 6.45) is 3.53. The zero-order valence-corrected chi connectivity index (χ0v) is 17.9.